The van der Waals surface area contributed by atoms with Crippen LogP contribution < -0.4 is 11.1 Å². The quantitative estimate of drug-likeness (QED) is 0.828. The predicted molar refractivity (Wildman–Crippen MR) is 85.7 cm³/mol. The predicted octanol–water partition coefficient (Wildman–Crippen LogP) is 3.15. The summed E-state index contributed by atoms with van der Waals surface area (Å²) in [7, 11) is 0. The van der Waals surface area contributed by atoms with Gasteiger partial charge in [-0.1, -0.05) is 29.6 Å². The average molecular weight is 349 g/mol. The number of rotatable bonds is 6. The van der Waals surface area contributed by atoms with E-state index in [9.17, 15) is 9.59 Å². The Bertz CT molecular complexity index is 533. The van der Waals surface area contributed by atoms with Crippen molar-refractivity contribution < 1.29 is 9.59 Å². The van der Waals surface area contributed by atoms with E-state index in [4.69, 9.17) is 28.9 Å². The molecule has 2 amide bonds. The number of hydrogen-bond donors (Lipinski definition) is 2. The summed E-state index contributed by atoms with van der Waals surface area (Å²) in [6, 6.07) is 1.74. The highest BCUT2D eigenvalue weighted by Gasteiger charge is 2.32. The standard InChI is InChI=1S/C14H18Cl2N2O2S/c15-11-7-8(13(16)21-11)3-1-6-12(19)18-10-5-2-4-9(10)14(17)20/h7,9-10H,1-6H2,(H2,17,20)(H,18,19)/t9-,10+/m0/s1. The Kier molecular flexibility index (Phi) is 5.90. The second kappa shape index (κ2) is 7.47. The summed E-state index contributed by atoms with van der Waals surface area (Å²) in [5, 5.41) is 2.92. The molecule has 1 aromatic heterocycles. The SMILES string of the molecule is NC(=O)[C@H]1CCC[C@H]1NC(=O)CCCc1cc(Cl)sc1Cl. The van der Waals surface area contributed by atoms with E-state index in [1.165, 1.54) is 11.3 Å². The smallest absolute Gasteiger partial charge is 0.222 e. The van der Waals surface area contributed by atoms with Gasteiger partial charge in [0.05, 0.1) is 14.6 Å². The van der Waals surface area contributed by atoms with E-state index < -0.39 is 0 Å². The Morgan fingerprint density at radius 1 is 1.38 bits per heavy atom. The molecule has 0 aliphatic heterocycles. The summed E-state index contributed by atoms with van der Waals surface area (Å²) >= 11 is 13.2. The highest BCUT2D eigenvalue weighted by atomic mass is 35.5. The molecule has 2 rings (SSSR count). The van der Waals surface area contributed by atoms with Gasteiger partial charge in [0.2, 0.25) is 11.8 Å². The van der Waals surface area contributed by atoms with Gasteiger partial charge in [0.15, 0.2) is 0 Å². The lowest BCUT2D eigenvalue weighted by molar-refractivity contribution is -0.124. The molecule has 1 saturated carbocycles. The van der Waals surface area contributed by atoms with E-state index in [2.05, 4.69) is 5.32 Å². The Labute approximate surface area is 138 Å². The molecule has 1 fully saturated rings. The van der Waals surface area contributed by atoms with Crippen molar-refractivity contribution in [2.75, 3.05) is 0 Å². The molecule has 3 N–H and O–H groups in total. The van der Waals surface area contributed by atoms with Crippen LogP contribution in [-0.2, 0) is 16.0 Å². The Morgan fingerprint density at radius 3 is 2.76 bits per heavy atom. The Hall–Kier alpha value is -0.780. The highest BCUT2D eigenvalue weighted by Crippen LogP contribution is 2.32. The molecule has 1 aliphatic rings. The van der Waals surface area contributed by atoms with Crippen molar-refractivity contribution in [3.63, 3.8) is 0 Å². The number of carbonyl (C=O) groups is 2. The van der Waals surface area contributed by atoms with Crippen LogP contribution in [0.3, 0.4) is 0 Å². The first-order valence-corrected chi connectivity index (χ1v) is 8.57. The van der Waals surface area contributed by atoms with E-state index in [0.717, 1.165) is 31.2 Å². The first kappa shape index (κ1) is 16.6. The number of carbonyl (C=O) groups excluding carboxylic acids is 2. The van der Waals surface area contributed by atoms with Crippen LogP contribution in [0.25, 0.3) is 0 Å². The van der Waals surface area contributed by atoms with Crippen LogP contribution >= 0.6 is 34.5 Å². The fraction of sp³-hybridized carbons (Fsp3) is 0.571. The molecular formula is C14H18Cl2N2O2S. The molecule has 7 heteroatoms. The summed E-state index contributed by atoms with van der Waals surface area (Å²) in [5.41, 5.74) is 6.32. The molecule has 0 radical (unpaired) electrons. The van der Waals surface area contributed by atoms with Crippen LogP contribution in [0.2, 0.25) is 8.67 Å². The molecule has 1 aliphatic carbocycles. The third-order valence-corrected chi connectivity index (χ3v) is 5.37. The fourth-order valence-corrected chi connectivity index (χ4v) is 4.28. The summed E-state index contributed by atoms with van der Waals surface area (Å²) in [4.78, 5) is 23.2. The number of nitrogens with two attached hydrogens (primary N) is 1. The summed E-state index contributed by atoms with van der Waals surface area (Å²) in [6.45, 7) is 0. The van der Waals surface area contributed by atoms with Gasteiger partial charge in [-0.15, -0.1) is 11.3 Å². The number of hydrogen-bond acceptors (Lipinski definition) is 3. The number of primary amides is 1. The Morgan fingerprint density at radius 2 is 2.14 bits per heavy atom. The van der Waals surface area contributed by atoms with E-state index in [1.54, 1.807) is 0 Å². The molecule has 1 heterocycles. The van der Waals surface area contributed by atoms with Crippen LogP contribution in [0.15, 0.2) is 6.07 Å². The molecule has 0 spiro atoms. The van der Waals surface area contributed by atoms with Crippen molar-refractivity contribution in [2.24, 2.45) is 11.7 Å². The van der Waals surface area contributed by atoms with Gasteiger partial charge in [-0.3, -0.25) is 9.59 Å². The van der Waals surface area contributed by atoms with Crippen molar-refractivity contribution in [3.05, 3.63) is 20.3 Å². The van der Waals surface area contributed by atoms with E-state index in [1.807, 2.05) is 6.07 Å². The van der Waals surface area contributed by atoms with Gasteiger partial charge in [-0.25, -0.2) is 0 Å². The minimum absolute atomic E-state index is 0.0365. The lowest BCUT2D eigenvalue weighted by atomic mass is 10.0. The summed E-state index contributed by atoms with van der Waals surface area (Å²) in [6.07, 6.45) is 4.36. The van der Waals surface area contributed by atoms with E-state index in [0.29, 0.717) is 21.5 Å². The number of amides is 2. The topological polar surface area (TPSA) is 72.2 Å². The molecule has 0 bridgehead atoms. The first-order valence-electron chi connectivity index (χ1n) is 6.99. The number of aryl methyl sites for hydroxylation is 1. The number of thiophene rings is 1. The number of nitrogens with one attached hydrogen (secondary N) is 1. The van der Waals surface area contributed by atoms with Gasteiger partial charge in [0.25, 0.3) is 0 Å². The number of halogens is 2. The average Bonchev–Trinajstić information content (AvgIpc) is 2.96. The Balaban J connectivity index is 1.75. The largest absolute Gasteiger partial charge is 0.369 e. The van der Waals surface area contributed by atoms with Crippen LogP contribution in [0.1, 0.15) is 37.7 Å². The monoisotopic (exact) mass is 348 g/mol. The molecule has 1 aromatic rings. The minimum Gasteiger partial charge on any atom is -0.369 e. The second-order valence-electron chi connectivity index (χ2n) is 5.32. The highest BCUT2D eigenvalue weighted by molar-refractivity contribution is 7.20. The van der Waals surface area contributed by atoms with Crippen LogP contribution in [0, 0.1) is 5.92 Å². The van der Waals surface area contributed by atoms with Gasteiger partial charge in [0.1, 0.15) is 0 Å². The molecule has 21 heavy (non-hydrogen) atoms. The zero-order chi connectivity index (χ0) is 15.4. The van der Waals surface area contributed by atoms with Gasteiger partial charge in [0, 0.05) is 12.5 Å². The molecule has 0 unspecified atom stereocenters. The first-order chi connectivity index (χ1) is 9.97. The minimum atomic E-state index is -0.322. The van der Waals surface area contributed by atoms with Gasteiger partial charge in [-0.05, 0) is 37.3 Å². The normalized spacial score (nSPS) is 21.4. The maximum absolute atomic E-state index is 11.9. The van der Waals surface area contributed by atoms with Crippen molar-refractivity contribution >= 4 is 46.4 Å². The zero-order valence-corrected chi connectivity index (χ0v) is 13.9. The van der Waals surface area contributed by atoms with E-state index in [-0.39, 0.29) is 23.8 Å². The summed E-state index contributed by atoms with van der Waals surface area (Å²) < 4.78 is 1.35. The van der Waals surface area contributed by atoms with E-state index >= 15 is 0 Å². The zero-order valence-electron chi connectivity index (χ0n) is 11.5. The van der Waals surface area contributed by atoms with Gasteiger partial charge >= 0.3 is 0 Å². The molecule has 2 atom stereocenters. The van der Waals surface area contributed by atoms with Crippen molar-refractivity contribution in [2.45, 2.75) is 44.6 Å². The third-order valence-electron chi connectivity index (χ3n) is 3.81. The molecule has 4 nitrogen and oxygen atoms in total. The third kappa shape index (κ3) is 4.59. The fourth-order valence-electron chi connectivity index (χ4n) is 2.74. The maximum atomic E-state index is 11.9. The van der Waals surface area contributed by atoms with Gasteiger partial charge < -0.3 is 11.1 Å². The van der Waals surface area contributed by atoms with Crippen molar-refractivity contribution in [1.29, 1.82) is 0 Å². The maximum Gasteiger partial charge on any atom is 0.222 e. The second-order valence-corrected chi connectivity index (χ2v) is 7.60. The molecular weight excluding hydrogens is 331 g/mol. The molecule has 116 valence electrons. The van der Waals surface area contributed by atoms with Crippen molar-refractivity contribution in [1.82, 2.24) is 5.32 Å². The van der Waals surface area contributed by atoms with Crippen molar-refractivity contribution in [3.8, 4) is 0 Å². The lowest BCUT2D eigenvalue weighted by Crippen LogP contribution is -2.42. The molecule has 0 aromatic carbocycles. The molecule has 0 saturated heterocycles. The van der Waals surface area contributed by atoms with Crippen LogP contribution in [-0.4, -0.2) is 17.9 Å². The lowest BCUT2D eigenvalue weighted by Gasteiger charge is -2.18. The van der Waals surface area contributed by atoms with Crippen LogP contribution in [0.4, 0.5) is 0 Å². The van der Waals surface area contributed by atoms with Crippen LogP contribution in [0.5, 0.6) is 0 Å². The van der Waals surface area contributed by atoms with Gasteiger partial charge in [-0.2, -0.15) is 0 Å². The summed E-state index contributed by atoms with van der Waals surface area (Å²) in [5.74, 6) is -0.581.